The third-order valence-corrected chi connectivity index (χ3v) is 5.05. The van der Waals surface area contributed by atoms with Gasteiger partial charge in [0.15, 0.2) is 0 Å². The molecule has 23 heavy (non-hydrogen) atoms. The Bertz CT molecular complexity index is 626. The van der Waals surface area contributed by atoms with Gasteiger partial charge in [-0.25, -0.2) is 0 Å². The van der Waals surface area contributed by atoms with Crippen LogP contribution in [0.5, 0.6) is 0 Å². The lowest BCUT2D eigenvalue weighted by Crippen LogP contribution is -2.50. The van der Waals surface area contributed by atoms with Gasteiger partial charge in [0, 0.05) is 36.2 Å². The molecule has 2 N–H and O–H groups in total. The van der Waals surface area contributed by atoms with E-state index in [1.54, 1.807) is 23.1 Å². The van der Waals surface area contributed by atoms with Crippen LogP contribution < -0.4 is 10.6 Å². The van der Waals surface area contributed by atoms with E-state index in [4.69, 9.17) is 23.2 Å². The van der Waals surface area contributed by atoms with Crippen molar-refractivity contribution in [2.24, 2.45) is 0 Å². The molecule has 0 radical (unpaired) electrons. The largest absolute Gasteiger partial charge is 0.346 e. The van der Waals surface area contributed by atoms with Crippen LogP contribution in [-0.2, 0) is 15.0 Å². The lowest BCUT2D eigenvalue weighted by molar-refractivity contribution is -0.133. The summed E-state index contributed by atoms with van der Waals surface area (Å²) in [6.45, 7) is 2.99. The summed E-state index contributed by atoms with van der Waals surface area (Å²) in [4.78, 5) is 26.5. The minimum absolute atomic E-state index is 0.0335. The summed E-state index contributed by atoms with van der Waals surface area (Å²) in [7, 11) is 0. The number of hydrogen-bond donors (Lipinski definition) is 2. The van der Waals surface area contributed by atoms with Gasteiger partial charge in [-0.3, -0.25) is 9.59 Å². The average Bonchev–Trinajstić information content (AvgIpc) is 3.34. The number of piperazine rings is 1. The summed E-state index contributed by atoms with van der Waals surface area (Å²) >= 11 is 12.2. The van der Waals surface area contributed by atoms with E-state index in [-0.39, 0.29) is 18.4 Å². The van der Waals surface area contributed by atoms with Gasteiger partial charge >= 0.3 is 0 Å². The summed E-state index contributed by atoms with van der Waals surface area (Å²) in [6.07, 6.45) is 1.48. The van der Waals surface area contributed by atoms with Gasteiger partial charge in [-0.1, -0.05) is 29.3 Å². The molecule has 0 aromatic heterocycles. The van der Waals surface area contributed by atoms with Crippen LogP contribution in [0.15, 0.2) is 18.2 Å². The van der Waals surface area contributed by atoms with Gasteiger partial charge in [-0.2, -0.15) is 0 Å². The van der Waals surface area contributed by atoms with Gasteiger partial charge in [0.1, 0.15) is 0 Å². The van der Waals surface area contributed by atoms with Gasteiger partial charge in [0.05, 0.1) is 12.0 Å². The number of carbonyl (C=O) groups excluding carboxylic acids is 2. The van der Waals surface area contributed by atoms with Crippen LogP contribution in [0.1, 0.15) is 18.4 Å². The van der Waals surface area contributed by atoms with Crippen LogP contribution in [0.2, 0.25) is 10.0 Å². The highest BCUT2D eigenvalue weighted by Crippen LogP contribution is 2.51. The Morgan fingerprint density at radius 1 is 1.22 bits per heavy atom. The lowest BCUT2D eigenvalue weighted by atomic mass is 9.95. The van der Waals surface area contributed by atoms with Crippen molar-refractivity contribution in [1.82, 2.24) is 15.5 Å². The second kappa shape index (κ2) is 6.67. The van der Waals surface area contributed by atoms with E-state index < -0.39 is 5.41 Å². The third-order valence-electron chi connectivity index (χ3n) is 4.50. The normalized spacial score (nSPS) is 19.3. The summed E-state index contributed by atoms with van der Waals surface area (Å²) in [5.41, 5.74) is 0.182. The van der Waals surface area contributed by atoms with E-state index in [1.165, 1.54) is 0 Å². The van der Waals surface area contributed by atoms with Crippen molar-refractivity contribution >= 4 is 35.0 Å². The first-order valence-electron chi connectivity index (χ1n) is 7.75. The minimum Gasteiger partial charge on any atom is -0.346 e. The Balaban J connectivity index is 1.62. The maximum Gasteiger partial charge on any atom is 0.242 e. The number of nitrogens with zero attached hydrogens (tertiary/aromatic N) is 1. The standard InChI is InChI=1S/C16H19Cl2N3O2/c17-11-1-2-12(13(18)9-11)16(3-4-16)15(23)20-10-14(22)21-7-5-19-6-8-21/h1-2,9,19H,3-8,10H2,(H,20,23). The maximum atomic E-state index is 12.6. The fourth-order valence-electron chi connectivity index (χ4n) is 2.97. The van der Waals surface area contributed by atoms with E-state index in [0.29, 0.717) is 23.1 Å². The zero-order valence-corrected chi connectivity index (χ0v) is 14.2. The maximum absolute atomic E-state index is 12.6. The molecular formula is C16H19Cl2N3O2. The summed E-state index contributed by atoms with van der Waals surface area (Å²) in [5, 5.41) is 7.02. The molecule has 2 amide bonds. The van der Waals surface area contributed by atoms with E-state index in [0.717, 1.165) is 31.5 Å². The molecule has 0 unspecified atom stereocenters. The summed E-state index contributed by atoms with van der Waals surface area (Å²) in [5.74, 6) is -0.178. The molecule has 0 spiro atoms. The van der Waals surface area contributed by atoms with Crippen LogP contribution >= 0.6 is 23.2 Å². The minimum atomic E-state index is -0.606. The number of benzene rings is 1. The Morgan fingerprint density at radius 3 is 2.52 bits per heavy atom. The first kappa shape index (κ1) is 16.6. The van der Waals surface area contributed by atoms with Crippen molar-refractivity contribution in [2.75, 3.05) is 32.7 Å². The van der Waals surface area contributed by atoms with Crippen molar-refractivity contribution in [3.8, 4) is 0 Å². The van der Waals surface area contributed by atoms with Gasteiger partial charge < -0.3 is 15.5 Å². The van der Waals surface area contributed by atoms with Crippen molar-refractivity contribution in [2.45, 2.75) is 18.3 Å². The van der Waals surface area contributed by atoms with E-state index >= 15 is 0 Å². The second-order valence-electron chi connectivity index (χ2n) is 6.02. The number of carbonyl (C=O) groups is 2. The Labute approximate surface area is 145 Å². The van der Waals surface area contributed by atoms with Crippen molar-refractivity contribution < 1.29 is 9.59 Å². The second-order valence-corrected chi connectivity index (χ2v) is 6.86. The number of halogens is 2. The molecule has 0 atom stereocenters. The van der Waals surface area contributed by atoms with Crippen molar-refractivity contribution in [1.29, 1.82) is 0 Å². The quantitative estimate of drug-likeness (QED) is 0.861. The van der Waals surface area contributed by atoms with Gasteiger partial charge in [-0.15, -0.1) is 0 Å². The first-order valence-corrected chi connectivity index (χ1v) is 8.51. The van der Waals surface area contributed by atoms with E-state index in [9.17, 15) is 9.59 Å². The van der Waals surface area contributed by atoms with Crippen LogP contribution in [-0.4, -0.2) is 49.4 Å². The molecule has 1 aromatic carbocycles. The fourth-order valence-corrected chi connectivity index (χ4v) is 3.56. The molecule has 1 saturated heterocycles. The Kier molecular flexibility index (Phi) is 4.80. The zero-order valence-electron chi connectivity index (χ0n) is 12.7. The lowest BCUT2D eigenvalue weighted by Gasteiger charge is -2.27. The Morgan fingerprint density at radius 2 is 1.91 bits per heavy atom. The monoisotopic (exact) mass is 355 g/mol. The molecule has 1 aromatic rings. The average molecular weight is 356 g/mol. The van der Waals surface area contributed by atoms with Gasteiger partial charge in [0.25, 0.3) is 0 Å². The number of rotatable bonds is 4. The van der Waals surface area contributed by atoms with Gasteiger partial charge in [0.2, 0.25) is 11.8 Å². The van der Waals surface area contributed by atoms with Crippen LogP contribution in [0.3, 0.4) is 0 Å². The van der Waals surface area contributed by atoms with Crippen LogP contribution in [0.4, 0.5) is 0 Å². The predicted octanol–water partition coefficient (Wildman–Crippen LogP) is 1.57. The van der Waals surface area contributed by atoms with Crippen molar-refractivity contribution in [3.05, 3.63) is 33.8 Å². The molecule has 2 aliphatic rings. The molecule has 1 aliphatic heterocycles. The Hall–Kier alpha value is -1.30. The molecule has 1 saturated carbocycles. The summed E-state index contributed by atoms with van der Waals surface area (Å²) < 4.78 is 0. The molecule has 3 rings (SSSR count). The van der Waals surface area contributed by atoms with Crippen LogP contribution in [0.25, 0.3) is 0 Å². The zero-order chi connectivity index (χ0) is 16.4. The number of hydrogen-bond acceptors (Lipinski definition) is 3. The molecule has 7 heteroatoms. The third kappa shape index (κ3) is 3.47. The van der Waals surface area contributed by atoms with Crippen LogP contribution in [0, 0.1) is 0 Å². The van der Waals surface area contributed by atoms with E-state index in [1.807, 2.05) is 0 Å². The topological polar surface area (TPSA) is 61.4 Å². The highest BCUT2D eigenvalue weighted by Gasteiger charge is 2.52. The summed E-state index contributed by atoms with van der Waals surface area (Å²) in [6, 6.07) is 5.19. The molecule has 2 fully saturated rings. The molecule has 5 nitrogen and oxygen atoms in total. The SMILES string of the molecule is O=C(CNC(=O)C1(c2ccc(Cl)cc2Cl)CC1)N1CCNCC1. The molecule has 124 valence electrons. The highest BCUT2D eigenvalue weighted by atomic mass is 35.5. The molecule has 1 heterocycles. The predicted molar refractivity (Wildman–Crippen MR) is 89.8 cm³/mol. The smallest absolute Gasteiger partial charge is 0.242 e. The molecule has 1 aliphatic carbocycles. The number of amides is 2. The first-order chi connectivity index (χ1) is 11.0. The fraction of sp³-hybridized carbons (Fsp3) is 0.500. The number of nitrogens with one attached hydrogen (secondary N) is 2. The van der Waals surface area contributed by atoms with Gasteiger partial charge in [-0.05, 0) is 30.5 Å². The molecule has 0 bridgehead atoms. The molecular weight excluding hydrogens is 337 g/mol. The highest BCUT2D eigenvalue weighted by molar-refractivity contribution is 6.35. The van der Waals surface area contributed by atoms with Crippen molar-refractivity contribution in [3.63, 3.8) is 0 Å². The van der Waals surface area contributed by atoms with E-state index in [2.05, 4.69) is 10.6 Å².